The minimum absolute atomic E-state index is 0.411. The quantitative estimate of drug-likeness (QED) is 0.629. The molecule has 0 atom stereocenters. The zero-order chi connectivity index (χ0) is 13.9. The first-order chi connectivity index (χ1) is 9.81. The second kappa shape index (κ2) is 5.56. The molecule has 0 unspecified atom stereocenters. The fourth-order valence-electron chi connectivity index (χ4n) is 2.30. The van der Waals surface area contributed by atoms with Crippen molar-refractivity contribution in [3.05, 3.63) is 17.8 Å². The second-order valence-corrected chi connectivity index (χ2v) is 4.68. The number of aryl methyl sites for hydroxylation is 1. The smallest absolute Gasteiger partial charge is 0.239 e. The topological polar surface area (TPSA) is 89.2 Å². The van der Waals surface area contributed by atoms with Gasteiger partial charge in [0, 0.05) is 19.3 Å². The van der Waals surface area contributed by atoms with Gasteiger partial charge in [0.25, 0.3) is 0 Å². The SMILES string of the molecule is CCc1cnc2c(N3CCOCC3)nc(NN)nc2c1. The Morgan fingerprint density at radius 2 is 2.15 bits per heavy atom. The van der Waals surface area contributed by atoms with E-state index in [1.54, 1.807) is 0 Å². The molecule has 7 heteroatoms. The number of aromatic nitrogens is 3. The normalized spacial score (nSPS) is 15.6. The second-order valence-electron chi connectivity index (χ2n) is 4.68. The van der Waals surface area contributed by atoms with Crippen molar-refractivity contribution in [2.24, 2.45) is 5.84 Å². The lowest BCUT2D eigenvalue weighted by atomic mass is 10.2. The standard InChI is InChI=1S/C13H18N6O/c1-2-9-7-10-11(15-8-9)12(17-13(16-10)18-14)19-3-5-20-6-4-19/h7-8H,2-6,14H2,1H3,(H,16,17,18). The summed E-state index contributed by atoms with van der Waals surface area (Å²) in [5.41, 5.74) is 5.30. The average molecular weight is 274 g/mol. The number of fused-ring (bicyclic) bond motifs is 1. The lowest BCUT2D eigenvalue weighted by molar-refractivity contribution is 0.122. The van der Waals surface area contributed by atoms with Gasteiger partial charge >= 0.3 is 0 Å². The molecule has 0 saturated carbocycles. The van der Waals surface area contributed by atoms with Crippen LogP contribution in [0.3, 0.4) is 0 Å². The first-order valence-corrected chi connectivity index (χ1v) is 6.78. The van der Waals surface area contributed by atoms with Crippen LogP contribution in [0.25, 0.3) is 11.0 Å². The third kappa shape index (κ3) is 2.37. The Kier molecular flexibility index (Phi) is 3.62. The molecule has 1 aliphatic rings. The molecular weight excluding hydrogens is 256 g/mol. The monoisotopic (exact) mass is 274 g/mol. The summed E-state index contributed by atoms with van der Waals surface area (Å²) >= 11 is 0. The summed E-state index contributed by atoms with van der Waals surface area (Å²) in [5, 5.41) is 0. The number of nitrogens with zero attached hydrogens (tertiary/aromatic N) is 4. The maximum Gasteiger partial charge on any atom is 0.239 e. The Hall–Kier alpha value is -1.99. The van der Waals surface area contributed by atoms with Gasteiger partial charge in [-0.15, -0.1) is 0 Å². The van der Waals surface area contributed by atoms with Crippen molar-refractivity contribution >= 4 is 22.8 Å². The summed E-state index contributed by atoms with van der Waals surface area (Å²) in [6, 6.07) is 2.04. The van der Waals surface area contributed by atoms with Crippen LogP contribution in [0.15, 0.2) is 12.3 Å². The van der Waals surface area contributed by atoms with Crippen LogP contribution in [0.2, 0.25) is 0 Å². The van der Waals surface area contributed by atoms with Crippen LogP contribution >= 0.6 is 0 Å². The summed E-state index contributed by atoms with van der Waals surface area (Å²) in [6.45, 7) is 5.09. The molecule has 1 aliphatic heterocycles. The zero-order valence-corrected chi connectivity index (χ0v) is 11.5. The molecule has 0 spiro atoms. The lowest BCUT2D eigenvalue weighted by Gasteiger charge is -2.28. The van der Waals surface area contributed by atoms with Gasteiger partial charge in [-0.2, -0.15) is 4.98 Å². The maximum atomic E-state index is 5.47. The summed E-state index contributed by atoms with van der Waals surface area (Å²) in [4.78, 5) is 15.5. The van der Waals surface area contributed by atoms with E-state index in [-0.39, 0.29) is 0 Å². The van der Waals surface area contributed by atoms with E-state index in [0.717, 1.165) is 41.9 Å². The molecule has 7 nitrogen and oxygen atoms in total. The van der Waals surface area contributed by atoms with Gasteiger partial charge in [0.05, 0.1) is 18.7 Å². The van der Waals surface area contributed by atoms with Gasteiger partial charge in [-0.25, -0.2) is 10.8 Å². The fourth-order valence-corrected chi connectivity index (χ4v) is 2.30. The minimum atomic E-state index is 0.411. The van der Waals surface area contributed by atoms with Crippen molar-refractivity contribution in [3.63, 3.8) is 0 Å². The largest absolute Gasteiger partial charge is 0.378 e. The highest BCUT2D eigenvalue weighted by atomic mass is 16.5. The fraction of sp³-hybridized carbons (Fsp3) is 0.462. The first-order valence-electron chi connectivity index (χ1n) is 6.78. The summed E-state index contributed by atoms with van der Waals surface area (Å²) in [6.07, 6.45) is 2.80. The lowest BCUT2D eigenvalue weighted by Crippen LogP contribution is -2.37. The number of pyridine rings is 1. The highest BCUT2D eigenvalue weighted by Gasteiger charge is 2.18. The molecule has 0 aliphatic carbocycles. The minimum Gasteiger partial charge on any atom is -0.378 e. The Bertz CT molecular complexity index is 606. The number of nitrogens with two attached hydrogens (primary N) is 1. The van der Waals surface area contributed by atoms with Crippen molar-refractivity contribution in [1.29, 1.82) is 0 Å². The van der Waals surface area contributed by atoms with Gasteiger partial charge in [-0.05, 0) is 18.1 Å². The Labute approximate surface area is 117 Å². The molecule has 0 aromatic carbocycles. The number of hydrazine groups is 1. The van der Waals surface area contributed by atoms with Gasteiger partial charge < -0.3 is 9.64 Å². The molecule has 1 saturated heterocycles. The maximum absolute atomic E-state index is 5.47. The van der Waals surface area contributed by atoms with Gasteiger partial charge in [0.2, 0.25) is 5.95 Å². The predicted molar refractivity (Wildman–Crippen MR) is 77.6 cm³/mol. The van der Waals surface area contributed by atoms with Crippen LogP contribution in [-0.2, 0) is 11.2 Å². The van der Waals surface area contributed by atoms with Crippen LogP contribution in [-0.4, -0.2) is 41.3 Å². The van der Waals surface area contributed by atoms with Gasteiger partial charge in [0.15, 0.2) is 5.82 Å². The summed E-state index contributed by atoms with van der Waals surface area (Å²) < 4.78 is 5.38. The molecule has 20 heavy (non-hydrogen) atoms. The number of ether oxygens (including phenoxy) is 1. The average Bonchev–Trinajstić information content (AvgIpc) is 2.53. The van der Waals surface area contributed by atoms with Gasteiger partial charge in [-0.1, -0.05) is 6.92 Å². The number of rotatable bonds is 3. The van der Waals surface area contributed by atoms with Gasteiger partial charge in [-0.3, -0.25) is 10.4 Å². The molecule has 3 N–H and O–H groups in total. The van der Waals surface area contributed by atoms with Crippen molar-refractivity contribution in [2.75, 3.05) is 36.6 Å². The van der Waals surface area contributed by atoms with E-state index < -0.39 is 0 Å². The highest BCUT2D eigenvalue weighted by Crippen LogP contribution is 2.24. The van der Waals surface area contributed by atoms with Crippen molar-refractivity contribution in [3.8, 4) is 0 Å². The number of hydrogen-bond donors (Lipinski definition) is 2. The Morgan fingerprint density at radius 1 is 1.35 bits per heavy atom. The molecule has 0 amide bonds. The van der Waals surface area contributed by atoms with Crippen LogP contribution < -0.4 is 16.2 Å². The Morgan fingerprint density at radius 3 is 2.85 bits per heavy atom. The van der Waals surface area contributed by atoms with Crippen LogP contribution in [0.4, 0.5) is 11.8 Å². The highest BCUT2D eigenvalue weighted by molar-refractivity contribution is 5.87. The van der Waals surface area contributed by atoms with E-state index in [1.165, 1.54) is 0 Å². The molecule has 3 heterocycles. The molecule has 0 bridgehead atoms. The number of anilines is 2. The van der Waals surface area contributed by atoms with Crippen molar-refractivity contribution < 1.29 is 4.74 Å². The van der Waals surface area contributed by atoms with Gasteiger partial charge in [0.1, 0.15) is 5.52 Å². The van der Waals surface area contributed by atoms with E-state index >= 15 is 0 Å². The third-order valence-corrected chi connectivity index (χ3v) is 3.42. The number of nitrogen functional groups attached to an aromatic ring is 1. The predicted octanol–water partition coefficient (Wildman–Crippen LogP) is 0.709. The zero-order valence-electron chi connectivity index (χ0n) is 11.5. The van der Waals surface area contributed by atoms with E-state index in [1.807, 2.05) is 12.3 Å². The van der Waals surface area contributed by atoms with Crippen molar-refractivity contribution in [1.82, 2.24) is 15.0 Å². The molecular formula is C13H18N6O. The molecule has 106 valence electrons. The first kappa shape index (κ1) is 13.0. The van der Waals surface area contributed by atoms with E-state index in [9.17, 15) is 0 Å². The van der Waals surface area contributed by atoms with E-state index in [2.05, 4.69) is 32.2 Å². The summed E-state index contributed by atoms with van der Waals surface area (Å²) in [7, 11) is 0. The van der Waals surface area contributed by atoms with Crippen LogP contribution in [0.5, 0.6) is 0 Å². The van der Waals surface area contributed by atoms with E-state index in [0.29, 0.717) is 19.2 Å². The number of nitrogens with one attached hydrogen (secondary N) is 1. The van der Waals surface area contributed by atoms with E-state index in [4.69, 9.17) is 10.6 Å². The third-order valence-electron chi connectivity index (χ3n) is 3.42. The molecule has 2 aromatic rings. The Balaban J connectivity index is 2.12. The molecule has 3 rings (SSSR count). The summed E-state index contributed by atoms with van der Waals surface area (Å²) in [5.74, 6) is 6.70. The molecule has 1 fully saturated rings. The van der Waals surface area contributed by atoms with Crippen LogP contribution in [0.1, 0.15) is 12.5 Å². The molecule has 2 aromatic heterocycles. The number of morpholine rings is 1. The number of hydrogen-bond acceptors (Lipinski definition) is 7. The van der Waals surface area contributed by atoms with Crippen molar-refractivity contribution in [2.45, 2.75) is 13.3 Å². The molecule has 0 radical (unpaired) electrons. The van der Waals surface area contributed by atoms with Crippen LogP contribution in [0, 0.1) is 0 Å².